The predicted molar refractivity (Wildman–Crippen MR) is 142 cm³/mol. The molecule has 0 aliphatic carbocycles. The number of hydrogen-bond donors (Lipinski definition) is 0. The summed E-state index contributed by atoms with van der Waals surface area (Å²) < 4.78 is 16.1. The van der Waals surface area contributed by atoms with Crippen LogP contribution in [-0.2, 0) is 0 Å². The number of para-hydroxylation sites is 1. The summed E-state index contributed by atoms with van der Waals surface area (Å²) in [6, 6.07) is 36.2. The Labute approximate surface area is 201 Å². The van der Waals surface area contributed by atoms with Crippen LogP contribution in [0.15, 0.2) is 122 Å². The zero-order valence-corrected chi connectivity index (χ0v) is 18.8. The first-order valence-corrected chi connectivity index (χ1v) is 11.6. The van der Waals surface area contributed by atoms with E-state index in [9.17, 15) is 4.39 Å². The predicted octanol–water partition coefficient (Wildman–Crippen LogP) is 8.38. The molecule has 0 atom stereocenters. The third kappa shape index (κ3) is 3.00. The largest absolute Gasteiger partial charge is 0.309 e. The number of rotatable bonds is 4. The van der Waals surface area contributed by atoms with Gasteiger partial charge in [-0.15, -0.1) is 0 Å². The highest BCUT2D eigenvalue weighted by Crippen LogP contribution is 2.45. The van der Waals surface area contributed by atoms with Crippen molar-refractivity contribution in [2.75, 3.05) is 4.90 Å². The summed E-state index contributed by atoms with van der Waals surface area (Å²) in [4.78, 5) is 6.50. The quantitative estimate of drug-likeness (QED) is 0.250. The minimum absolute atomic E-state index is 0.257. The van der Waals surface area contributed by atoms with Crippen molar-refractivity contribution in [3.63, 3.8) is 0 Å². The Balaban J connectivity index is 1.58. The molecule has 0 radical (unpaired) electrons. The molecular weight excluding hydrogens is 433 g/mol. The van der Waals surface area contributed by atoms with E-state index in [2.05, 4.69) is 81.2 Å². The minimum Gasteiger partial charge on any atom is -0.309 e. The van der Waals surface area contributed by atoms with Gasteiger partial charge in [0.2, 0.25) is 0 Å². The van der Waals surface area contributed by atoms with Gasteiger partial charge >= 0.3 is 0 Å². The van der Waals surface area contributed by atoms with Gasteiger partial charge in [0.1, 0.15) is 5.82 Å². The summed E-state index contributed by atoms with van der Waals surface area (Å²) in [6.07, 6.45) is 3.60. The molecular formula is C31H20FN3. The van der Waals surface area contributed by atoms with E-state index in [0.29, 0.717) is 0 Å². The Morgan fingerprint density at radius 2 is 1.46 bits per heavy atom. The molecule has 0 saturated heterocycles. The Kier molecular flexibility index (Phi) is 4.33. The van der Waals surface area contributed by atoms with Gasteiger partial charge in [0, 0.05) is 33.7 Å². The molecule has 0 saturated carbocycles. The lowest BCUT2D eigenvalue weighted by molar-refractivity contribution is 0.628. The van der Waals surface area contributed by atoms with E-state index in [4.69, 9.17) is 0 Å². The molecule has 0 bridgehead atoms. The summed E-state index contributed by atoms with van der Waals surface area (Å²) in [6.45, 7) is 0. The van der Waals surface area contributed by atoms with E-state index in [0.717, 1.165) is 33.7 Å². The van der Waals surface area contributed by atoms with E-state index < -0.39 is 0 Å². The van der Waals surface area contributed by atoms with Gasteiger partial charge in [0.25, 0.3) is 0 Å². The number of anilines is 3. The number of halogens is 1. The van der Waals surface area contributed by atoms with Gasteiger partial charge < -0.3 is 9.47 Å². The lowest BCUT2D eigenvalue weighted by atomic mass is 10.00. The van der Waals surface area contributed by atoms with Gasteiger partial charge in [-0.3, -0.25) is 4.98 Å². The van der Waals surface area contributed by atoms with Gasteiger partial charge in [-0.25, -0.2) is 4.39 Å². The number of hydrogen-bond acceptors (Lipinski definition) is 2. The van der Waals surface area contributed by atoms with Crippen LogP contribution in [0.5, 0.6) is 0 Å². The smallest absolute Gasteiger partial charge is 0.123 e. The van der Waals surface area contributed by atoms with E-state index >= 15 is 0 Å². The fourth-order valence-corrected chi connectivity index (χ4v) is 5.23. The second kappa shape index (κ2) is 7.67. The average Bonchev–Trinajstić information content (AvgIpc) is 3.26. The Morgan fingerprint density at radius 3 is 2.26 bits per heavy atom. The van der Waals surface area contributed by atoms with Gasteiger partial charge in [-0.1, -0.05) is 42.5 Å². The molecule has 3 nitrogen and oxygen atoms in total. The summed E-state index contributed by atoms with van der Waals surface area (Å²) in [7, 11) is 0. The van der Waals surface area contributed by atoms with E-state index in [-0.39, 0.29) is 5.82 Å². The maximum atomic E-state index is 13.8. The Hall–Kier alpha value is -4.70. The topological polar surface area (TPSA) is 21.1 Å². The van der Waals surface area contributed by atoms with Crippen molar-refractivity contribution < 1.29 is 4.39 Å². The normalized spacial score (nSPS) is 11.6. The van der Waals surface area contributed by atoms with Crippen molar-refractivity contribution in [1.82, 2.24) is 9.55 Å². The van der Waals surface area contributed by atoms with E-state index in [1.165, 1.54) is 33.8 Å². The molecule has 2 heterocycles. The van der Waals surface area contributed by atoms with Gasteiger partial charge in [0.15, 0.2) is 0 Å². The van der Waals surface area contributed by atoms with Gasteiger partial charge in [-0.2, -0.15) is 0 Å². The zero-order chi connectivity index (χ0) is 23.4. The number of aromatic nitrogens is 2. The molecule has 7 aromatic rings. The monoisotopic (exact) mass is 453 g/mol. The molecule has 4 heteroatoms. The number of pyridine rings is 1. The van der Waals surface area contributed by atoms with Crippen molar-refractivity contribution in [3.8, 4) is 5.69 Å². The molecule has 0 amide bonds. The van der Waals surface area contributed by atoms with Crippen molar-refractivity contribution in [1.29, 1.82) is 0 Å². The second-order valence-electron chi connectivity index (χ2n) is 8.66. The first-order valence-electron chi connectivity index (χ1n) is 11.6. The van der Waals surface area contributed by atoms with Crippen LogP contribution in [0.3, 0.4) is 0 Å². The lowest BCUT2D eigenvalue weighted by Crippen LogP contribution is -2.10. The van der Waals surface area contributed by atoms with Gasteiger partial charge in [-0.05, 0) is 72.1 Å². The molecule has 0 N–H and O–H groups in total. The first kappa shape index (κ1) is 19.7. The van der Waals surface area contributed by atoms with E-state index in [1.807, 2.05) is 36.5 Å². The highest BCUT2D eigenvalue weighted by atomic mass is 19.1. The fourth-order valence-electron chi connectivity index (χ4n) is 5.23. The lowest BCUT2D eigenvalue weighted by Gasteiger charge is -2.26. The first-order chi connectivity index (χ1) is 17.3. The molecule has 0 aliphatic rings. The zero-order valence-electron chi connectivity index (χ0n) is 18.8. The van der Waals surface area contributed by atoms with Crippen LogP contribution in [0.2, 0.25) is 0 Å². The van der Waals surface area contributed by atoms with Crippen LogP contribution in [0, 0.1) is 5.82 Å². The van der Waals surface area contributed by atoms with Crippen LogP contribution in [0.25, 0.3) is 38.3 Å². The molecule has 0 aliphatic heterocycles. The molecule has 166 valence electrons. The van der Waals surface area contributed by atoms with Crippen molar-refractivity contribution in [2.24, 2.45) is 0 Å². The molecule has 0 spiro atoms. The summed E-state index contributed by atoms with van der Waals surface area (Å²) in [5, 5.41) is 4.81. The van der Waals surface area contributed by atoms with Crippen LogP contribution in [0.1, 0.15) is 0 Å². The Morgan fingerprint density at radius 1 is 0.629 bits per heavy atom. The molecule has 2 aromatic heterocycles. The molecule has 0 unspecified atom stereocenters. The summed E-state index contributed by atoms with van der Waals surface area (Å²) >= 11 is 0. The highest BCUT2D eigenvalue weighted by molar-refractivity contribution is 6.26. The van der Waals surface area contributed by atoms with Crippen molar-refractivity contribution >= 4 is 49.6 Å². The van der Waals surface area contributed by atoms with Crippen LogP contribution in [-0.4, -0.2) is 9.55 Å². The minimum atomic E-state index is -0.257. The average molecular weight is 454 g/mol. The summed E-state index contributed by atoms with van der Waals surface area (Å²) in [5.74, 6) is -0.257. The maximum absolute atomic E-state index is 13.8. The summed E-state index contributed by atoms with van der Waals surface area (Å²) in [5.41, 5.74) is 6.29. The van der Waals surface area contributed by atoms with Crippen LogP contribution >= 0.6 is 0 Å². The molecule has 35 heavy (non-hydrogen) atoms. The Bertz CT molecular complexity index is 1790. The van der Waals surface area contributed by atoms with Crippen molar-refractivity contribution in [2.45, 2.75) is 0 Å². The van der Waals surface area contributed by atoms with E-state index in [1.54, 1.807) is 6.20 Å². The second-order valence-corrected chi connectivity index (χ2v) is 8.66. The van der Waals surface area contributed by atoms with Gasteiger partial charge in [0.05, 0.1) is 28.6 Å². The molecule has 0 fully saturated rings. The third-order valence-corrected chi connectivity index (χ3v) is 6.68. The SMILES string of the molecule is Fc1ccc(N(c2cccnc2)c2ccc3c4c2ccc2cccc(c24)n3-c2ccccc2)cc1. The molecule has 7 rings (SSSR count). The maximum Gasteiger partial charge on any atom is 0.123 e. The fraction of sp³-hybridized carbons (Fsp3) is 0. The highest BCUT2D eigenvalue weighted by Gasteiger charge is 2.21. The van der Waals surface area contributed by atoms with Crippen molar-refractivity contribution in [3.05, 3.63) is 127 Å². The molecule has 5 aromatic carbocycles. The number of nitrogens with zero attached hydrogens (tertiary/aromatic N) is 3. The standard InChI is InChI=1S/C31H20FN3/c32-22-12-14-24(15-13-22)34(25-9-5-19-33-20-25)27-17-18-29-31-26(27)16-11-21-6-4-10-28(30(21)31)35(29)23-7-2-1-3-8-23/h1-20H. The van der Waals surface area contributed by atoms with Crippen LogP contribution in [0.4, 0.5) is 21.5 Å². The number of benzene rings is 5. The van der Waals surface area contributed by atoms with Crippen LogP contribution < -0.4 is 4.90 Å². The third-order valence-electron chi connectivity index (χ3n) is 6.68.